The molecule has 8 nitrogen and oxygen atoms in total. The monoisotopic (exact) mass is 396 g/mol. The number of nitro groups is 1. The molecule has 10 heteroatoms. The number of aromatic nitrogens is 3. The standard InChI is InChI=1S/C18H22F2N4O4/c1-11(16(25)26)5-4-7-18(2,3)14-9-12(6-8-21-14)15-13(24(27)28)10-22-23(15)17(19)20/h6,8-11,17H,4-5,7H2,1-3H3,(H,25,26)/t11-/m1/s1. The molecule has 0 aliphatic carbocycles. The van der Waals surface area contributed by atoms with E-state index in [2.05, 4.69) is 10.1 Å². The Kier molecular flexibility index (Phi) is 6.42. The largest absolute Gasteiger partial charge is 0.481 e. The van der Waals surface area contributed by atoms with Gasteiger partial charge in [0.05, 0.1) is 10.8 Å². The first kappa shape index (κ1) is 21.4. The maximum Gasteiger partial charge on any atom is 0.334 e. The second-order valence-corrected chi connectivity index (χ2v) is 7.30. The molecule has 1 N–H and O–H groups in total. The number of alkyl halides is 2. The van der Waals surface area contributed by atoms with Gasteiger partial charge in [-0.05, 0) is 25.0 Å². The van der Waals surface area contributed by atoms with Crippen LogP contribution < -0.4 is 0 Å². The van der Waals surface area contributed by atoms with E-state index in [0.29, 0.717) is 29.6 Å². The quantitative estimate of drug-likeness (QED) is 0.496. The van der Waals surface area contributed by atoms with Crippen LogP contribution in [0.15, 0.2) is 24.5 Å². The first-order valence-corrected chi connectivity index (χ1v) is 8.74. The summed E-state index contributed by atoms with van der Waals surface area (Å²) in [7, 11) is 0. The fourth-order valence-corrected chi connectivity index (χ4v) is 2.96. The zero-order valence-corrected chi connectivity index (χ0v) is 15.8. The Morgan fingerprint density at radius 3 is 2.68 bits per heavy atom. The van der Waals surface area contributed by atoms with Gasteiger partial charge in [-0.2, -0.15) is 18.6 Å². The molecule has 2 aromatic rings. The van der Waals surface area contributed by atoms with Crippen molar-refractivity contribution in [3.8, 4) is 11.3 Å². The van der Waals surface area contributed by atoms with Crippen molar-refractivity contribution in [2.75, 3.05) is 0 Å². The highest BCUT2D eigenvalue weighted by molar-refractivity contribution is 5.70. The first-order chi connectivity index (χ1) is 13.0. The SMILES string of the molecule is C[C@H](CCCC(C)(C)c1cc(-c2c([N+](=O)[O-])cnn2C(F)F)ccn1)C(=O)O. The Hall–Kier alpha value is -2.91. The highest BCUT2D eigenvalue weighted by Crippen LogP contribution is 2.35. The number of pyridine rings is 1. The molecule has 2 aromatic heterocycles. The Morgan fingerprint density at radius 1 is 1.43 bits per heavy atom. The topological polar surface area (TPSA) is 111 Å². The van der Waals surface area contributed by atoms with Gasteiger partial charge in [-0.3, -0.25) is 19.9 Å². The Labute approximate surface area is 160 Å². The van der Waals surface area contributed by atoms with Crippen molar-refractivity contribution in [1.29, 1.82) is 0 Å². The number of halogens is 2. The number of carbonyl (C=O) groups is 1. The van der Waals surface area contributed by atoms with Crippen molar-refractivity contribution in [2.24, 2.45) is 5.92 Å². The average molecular weight is 396 g/mol. The second-order valence-electron chi connectivity index (χ2n) is 7.30. The molecule has 0 saturated carbocycles. The van der Waals surface area contributed by atoms with E-state index in [4.69, 9.17) is 5.11 Å². The second kappa shape index (κ2) is 8.41. The summed E-state index contributed by atoms with van der Waals surface area (Å²) in [6.07, 6.45) is 3.99. The van der Waals surface area contributed by atoms with Crippen LogP contribution >= 0.6 is 0 Å². The summed E-state index contributed by atoms with van der Waals surface area (Å²) in [5.74, 6) is -1.32. The summed E-state index contributed by atoms with van der Waals surface area (Å²) in [6, 6.07) is 2.97. The molecular weight excluding hydrogens is 374 g/mol. The van der Waals surface area contributed by atoms with Gasteiger partial charge in [-0.1, -0.05) is 27.2 Å². The van der Waals surface area contributed by atoms with Crippen LogP contribution in [0.2, 0.25) is 0 Å². The molecule has 1 atom stereocenters. The van der Waals surface area contributed by atoms with E-state index in [-0.39, 0.29) is 11.3 Å². The minimum Gasteiger partial charge on any atom is -0.481 e. The van der Waals surface area contributed by atoms with E-state index >= 15 is 0 Å². The Morgan fingerprint density at radius 2 is 2.11 bits per heavy atom. The highest BCUT2D eigenvalue weighted by Gasteiger charge is 2.28. The van der Waals surface area contributed by atoms with Crippen molar-refractivity contribution in [3.05, 3.63) is 40.3 Å². The minimum absolute atomic E-state index is 0.224. The van der Waals surface area contributed by atoms with Gasteiger partial charge in [-0.15, -0.1) is 0 Å². The Bertz CT molecular complexity index is 867. The van der Waals surface area contributed by atoms with Crippen molar-refractivity contribution in [3.63, 3.8) is 0 Å². The lowest BCUT2D eigenvalue weighted by Crippen LogP contribution is -2.20. The van der Waals surface area contributed by atoms with Crippen LogP contribution in [-0.2, 0) is 10.2 Å². The van der Waals surface area contributed by atoms with Crippen LogP contribution in [0.25, 0.3) is 11.3 Å². The molecule has 0 aliphatic rings. The third-order valence-corrected chi connectivity index (χ3v) is 4.74. The number of hydrogen-bond acceptors (Lipinski definition) is 5. The average Bonchev–Trinajstić information content (AvgIpc) is 3.07. The maximum atomic E-state index is 13.2. The zero-order valence-electron chi connectivity index (χ0n) is 15.8. The van der Waals surface area contributed by atoms with Crippen molar-refractivity contribution < 1.29 is 23.6 Å². The number of rotatable bonds is 9. The van der Waals surface area contributed by atoms with E-state index in [1.54, 1.807) is 13.0 Å². The number of nitrogens with zero attached hydrogens (tertiary/aromatic N) is 4. The maximum absolute atomic E-state index is 13.2. The number of aliphatic carboxylic acids is 1. The third-order valence-electron chi connectivity index (χ3n) is 4.74. The molecule has 2 rings (SSSR count). The number of carboxylic acids is 1. The molecule has 0 spiro atoms. The van der Waals surface area contributed by atoms with Gasteiger partial charge in [0, 0.05) is 22.9 Å². The molecule has 0 bridgehead atoms. The van der Waals surface area contributed by atoms with Crippen molar-refractivity contribution in [1.82, 2.24) is 14.8 Å². The molecule has 0 aromatic carbocycles. The fourth-order valence-electron chi connectivity index (χ4n) is 2.96. The third kappa shape index (κ3) is 4.68. The van der Waals surface area contributed by atoms with Crippen molar-refractivity contribution >= 4 is 11.7 Å². The number of carboxylic acid groups (broad SMARTS) is 1. The molecule has 0 saturated heterocycles. The van der Waals surface area contributed by atoms with E-state index in [0.717, 1.165) is 6.20 Å². The molecule has 28 heavy (non-hydrogen) atoms. The van der Waals surface area contributed by atoms with Gasteiger partial charge in [0.1, 0.15) is 6.20 Å². The van der Waals surface area contributed by atoms with Gasteiger partial charge in [0.2, 0.25) is 0 Å². The van der Waals surface area contributed by atoms with Crippen LogP contribution in [0, 0.1) is 16.0 Å². The lowest BCUT2D eigenvalue weighted by Gasteiger charge is -2.25. The van der Waals surface area contributed by atoms with Gasteiger partial charge in [-0.25, -0.2) is 0 Å². The predicted molar refractivity (Wildman–Crippen MR) is 97.0 cm³/mol. The molecule has 0 amide bonds. The lowest BCUT2D eigenvalue weighted by atomic mass is 9.82. The molecule has 152 valence electrons. The lowest BCUT2D eigenvalue weighted by molar-refractivity contribution is -0.384. The van der Waals surface area contributed by atoms with E-state index < -0.39 is 34.5 Å². The zero-order chi connectivity index (χ0) is 21.1. The molecule has 0 unspecified atom stereocenters. The van der Waals surface area contributed by atoms with Gasteiger partial charge in [0.25, 0.3) is 0 Å². The molecule has 0 fully saturated rings. The van der Waals surface area contributed by atoms with E-state index in [9.17, 15) is 23.7 Å². The molecule has 0 aliphatic heterocycles. The fraction of sp³-hybridized carbons (Fsp3) is 0.500. The summed E-state index contributed by atoms with van der Waals surface area (Å²) in [6.45, 7) is 2.43. The first-order valence-electron chi connectivity index (χ1n) is 8.74. The van der Waals surface area contributed by atoms with Crippen LogP contribution in [0.4, 0.5) is 14.5 Å². The highest BCUT2D eigenvalue weighted by atomic mass is 19.3. The minimum atomic E-state index is -3.02. The predicted octanol–water partition coefficient (Wildman–Crippen LogP) is 4.42. The van der Waals surface area contributed by atoms with Crippen LogP contribution in [0.3, 0.4) is 0 Å². The van der Waals surface area contributed by atoms with Gasteiger partial charge >= 0.3 is 18.2 Å². The van der Waals surface area contributed by atoms with Crippen LogP contribution in [0.1, 0.15) is 52.3 Å². The molecular formula is C18H22F2N4O4. The van der Waals surface area contributed by atoms with Gasteiger partial charge in [0.15, 0.2) is 5.69 Å². The molecule has 0 radical (unpaired) electrons. The Balaban J connectivity index is 2.33. The van der Waals surface area contributed by atoms with E-state index in [1.807, 2.05) is 13.8 Å². The van der Waals surface area contributed by atoms with E-state index in [1.165, 1.54) is 12.3 Å². The number of hydrogen-bond donors (Lipinski definition) is 1. The summed E-state index contributed by atoms with van der Waals surface area (Å²) < 4.78 is 26.8. The summed E-state index contributed by atoms with van der Waals surface area (Å²) in [5.41, 5.74) is -0.464. The smallest absolute Gasteiger partial charge is 0.334 e. The van der Waals surface area contributed by atoms with Crippen molar-refractivity contribution in [2.45, 2.75) is 52.0 Å². The summed E-state index contributed by atoms with van der Waals surface area (Å²) in [4.78, 5) is 25.7. The summed E-state index contributed by atoms with van der Waals surface area (Å²) >= 11 is 0. The normalized spacial score (nSPS) is 12.9. The van der Waals surface area contributed by atoms with Gasteiger partial charge < -0.3 is 5.11 Å². The molecule has 2 heterocycles. The van der Waals surface area contributed by atoms with Crippen LogP contribution in [0.5, 0.6) is 0 Å². The van der Waals surface area contributed by atoms with Crippen LogP contribution in [-0.4, -0.2) is 30.8 Å². The summed E-state index contributed by atoms with van der Waals surface area (Å²) in [5, 5.41) is 23.6.